The van der Waals surface area contributed by atoms with Crippen molar-refractivity contribution in [2.45, 2.75) is 71.6 Å². The zero-order valence-corrected chi connectivity index (χ0v) is 13.3. The van der Waals surface area contributed by atoms with E-state index in [9.17, 15) is 9.59 Å². The summed E-state index contributed by atoms with van der Waals surface area (Å²) >= 11 is 0. The van der Waals surface area contributed by atoms with Gasteiger partial charge in [-0.25, -0.2) is 0 Å². The minimum absolute atomic E-state index is 0.0949. The lowest BCUT2D eigenvalue weighted by atomic mass is 10.0. The molecule has 0 fully saturated rings. The van der Waals surface area contributed by atoms with Crippen LogP contribution in [0.15, 0.2) is 0 Å². The van der Waals surface area contributed by atoms with Gasteiger partial charge in [0.15, 0.2) is 0 Å². The summed E-state index contributed by atoms with van der Waals surface area (Å²) in [6, 6.07) is 0. The Morgan fingerprint density at radius 1 is 0.850 bits per heavy atom. The van der Waals surface area contributed by atoms with Gasteiger partial charge in [0.25, 0.3) is 0 Å². The van der Waals surface area contributed by atoms with E-state index in [1.807, 2.05) is 0 Å². The number of ether oxygens (including phenoxy) is 2. The zero-order chi connectivity index (χ0) is 15.2. The van der Waals surface area contributed by atoms with Crippen molar-refractivity contribution >= 4 is 11.9 Å². The first-order valence-corrected chi connectivity index (χ1v) is 7.78. The molecule has 0 atom stereocenters. The first-order chi connectivity index (χ1) is 9.56. The van der Waals surface area contributed by atoms with Gasteiger partial charge in [-0.05, 0) is 31.6 Å². The van der Waals surface area contributed by atoms with E-state index in [4.69, 9.17) is 4.74 Å². The highest BCUT2D eigenvalue weighted by molar-refractivity contribution is 5.69. The van der Waals surface area contributed by atoms with Crippen molar-refractivity contribution in [1.82, 2.24) is 0 Å². The third-order valence-electron chi connectivity index (χ3n) is 3.18. The average molecular weight is 286 g/mol. The molecule has 0 amide bonds. The second-order valence-corrected chi connectivity index (χ2v) is 5.60. The molecule has 0 saturated carbocycles. The smallest absolute Gasteiger partial charge is 0.305 e. The predicted octanol–water partition coefficient (Wildman–Crippen LogP) is 3.87. The maximum absolute atomic E-state index is 11.4. The highest BCUT2D eigenvalue weighted by Gasteiger charge is 2.03. The molecule has 4 heteroatoms. The summed E-state index contributed by atoms with van der Waals surface area (Å²) in [5.74, 6) is 0.470. The Balaban J connectivity index is 3.26. The van der Waals surface area contributed by atoms with Crippen LogP contribution in [0, 0.1) is 5.92 Å². The quantitative estimate of drug-likeness (QED) is 0.404. The number of carbonyl (C=O) groups excluding carboxylic acids is 2. The fourth-order valence-corrected chi connectivity index (χ4v) is 1.91. The second-order valence-electron chi connectivity index (χ2n) is 5.60. The highest BCUT2D eigenvalue weighted by atomic mass is 16.5. The Hall–Kier alpha value is -1.06. The molecule has 0 N–H and O–H groups in total. The van der Waals surface area contributed by atoms with Crippen LogP contribution in [0.3, 0.4) is 0 Å². The number of unbranched alkanes of at least 4 members (excludes halogenated alkanes) is 4. The highest BCUT2D eigenvalue weighted by Crippen LogP contribution is 2.10. The fraction of sp³-hybridized carbons (Fsp3) is 0.875. The third-order valence-corrected chi connectivity index (χ3v) is 3.18. The zero-order valence-electron chi connectivity index (χ0n) is 13.3. The van der Waals surface area contributed by atoms with E-state index >= 15 is 0 Å². The van der Waals surface area contributed by atoms with Crippen LogP contribution in [0.25, 0.3) is 0 Å². The molecule has 4 nitrogen and oxygen atoms in total. The van der Waals surface area contributed by atoms with Gasteiger partial charge in [-0.2, -0.15) is 0 Å². The number of esters is 2. The summed E-state index contributed by atoms with van der Waals surface area (Å²) in [4.78, 5) is 22.3. The molecule has 20 heavy (non-hydrogen) atoms. The van der Waals surface area contributed by atoms with Crippen LogP contribution in [0.5, 0.6) is 0 Å². The van der Waals surface area contributed by atoms with E-state index in [0.29, 0.717) is 19.4 Å². The van der Waals surface area contributed by atoms with E-state index in [1.165, 1.54) is 20.0 Å². The van der Waals surface area contributed by atoms with E-state index < -0.39 is 0 Å². The monoisotopic (exact) mass is 286 g/mol. The first-order valence-electron chi connectivity index (χ1n) is 7.78. The molecule has 0 radical (unpaired) electrons. The minimum Gasteiger partial charge on any atom is -0.469 e. The molecule has 0 aliphatic heterocycles. The van der Waals surface area contributed by atoms with Gasteiger partial charge in [-0.3, -0.25) is 9.59 Å². The summed E-state index contributed by atoms with van der Waals surface area (Å²) in [6.45, 7) is 4.90. The lowest BCUT2D eigenvalue weighted by Gasteiger charge is -2.06. The molecule has 0 rings (SSSR count). The standard InChI is InChI=1S/C16H30O4/c1-14(2)10-6-4-7-12-16(18)20-13-9-5-8-11-15(17)19-3/h14H,4-13H2,1-3H3. The molecule has 0 spiro atoms. The van der Waals surface area contributed by atoms with Crippen molar-refractivity contribution < 1.29 is 19.1 Å². The van der Waals surface area contributed by atoms with Gasteiger partial charge in [0.05, 0.1) is 13.7 Å². The van der Waals surface area contributed by atoms with Crippen LogP contribution in [0.2, 0.25) is 0 Å². The maximum atomic E-state index is 11.4. The molecule has 0 aliphatic rings. The predicted molar refractivity (Wildman–Crippen MR) is 79.4 cm³/mol. The van der Waals surface area contributed by atoms with Crippen LogP contribution in [-0.4, -0.2) is 25.7 Å². The minimum atomic E-state index is -0.177. The largest absolute Gasteiger partial charge is 0.469 e. The lowest BCUT2D eigenvalue weighted by Crippen LogP contribution is -2.06. The van der Waals surface area contributed by atoms with Gasteiger partial charge in [0.2, 0.25) is 0 Å². The molecule has 0 heterocycles. The van der Waals surface area contributed by atoms with Crippen LogP contribution in [-0.2, 0) is 19.1 Å². The second kappa shape index (κ2) is 12.9. The van der Waals surface area contributed by atoms with E-state index in [-0.39, 0.29) is 11.9 Å². The van der Waals surface area contributed by atoms with Gasteiger partial charge in [-0.15, -0.1) is 0 Å². The molecule has 0 aromatic heterocycles. The van der Waals surface area contributed by atoms with Crippen molar-refractivity contribution in [3.05, 3.63) is 0 Å². The van der Waals surface area contributed by atoms with E-state index in [0.717, 1.165) is 38.0 Å². The van der Waals surface area contributed by atoms with Crippen LogP contribution in [0.4, 0.5) is 0 Å². The molecule has 0 aliphatic carbocycles. The first kappa shape index (κ1) is 18.9. The fourth-order valence-electron chi connectivity index (χ4n) is 1.91. The molecule has 0 saturated heterocycles. The molecule has 118 valence electrons. The summed E-state index contributed by atoms with van der Waals surface area (Å²) in [7, 11) is 1.39. The normalized spacial score (nSPS) is 10.6. The summed E-state index contributed by atoms with van der Waals surface area (Å²) in [5.41, 5.74) is 0. The summed E-state index contributed by atoms with van der Waals surface area (Å²) in [5, 5.41) is 0. The Morgan fingerprint density at radius 3 is 2.05 bits per heavy atom. The Kier molecular flexibility index (Phi) is 12.3. The number of hydrogen-bond donors (Lipinski definition) is 0. The lowest BCUT2D eigenvalue weighted by molar-refractivity contribution is -0.144. The van der Waals surface area contributed by atoms with Gasteiger partial charge in [0, 0.05) is 12.8 Å². The van der Waals surface area contributed by atoms with Gasteiger partial charge in [-0.1, -0.05) is 33.1 Å². The molecule has 0 aromatic carbocycles. The summed E-state index contributed by atoms with van der Waals surface area (Å²) < 4.78 is 9.70. The molecule has 0 bridgehead atoms. The SMILES string of the molecule is COC(=O)CCCCCOC(=O)CCCCCC(C)C. The van der Waals surface area contributed by atoms with E-state index in [1.54, 1.807) is 0 Å². The van der Waals surface area contributed by atoms with Crippen molar-refractivity contribution in [3.63, 3.8) is 0 Å². The van der Waals surface area contributed by atoms with Crippen LogP contribution >= 0.6 is 0 Å². The third kappa shape index (κ3) is 13.4. The average Bonchev–Trinajstić information content (AvgIpc) is 2.41. The van der Waals surface area contributed by atoms with Crippen LogP contribution in [0.1, 0.15) is 71.6 Å². The Morgan fingerprint density at radius 2 is 1.45 bits per heavy atom. The Bertz CT molecular complexity index is 261. The van der Waals surface area contributed by atoms with Gasteiger partial charge in [0.1, 0.15) is 0 Å². The Labute approximate surface area is 123 Å². The molecular weight excluding hydrogens is 256 g/mol. The number of carbonyl (C=O) groups is 2. The van der Waals surface area contributed by atoms with Gasteiger partial charge >= 0.3 is 11.9 Å². The molecule has 0 unspecified atom stereocenters. The number of rotatable bonds is 12. The maximum Gasteiger partial charge on any atom is 0.305 e. The van der Waals surface area contributed by atoms with E-state index in [2.05, 4.69) is 18.6 Å². The van der Waals surface area contributed by atoms with Gasteiger partial charge < -0.3 is 9.47 Å². The topological polar surface area (TPSA) is 52.6 Å². The van der Waals surface area contributed by atoms with Crippen LogP contribution < -0.4 is 0 Å². The summed E-state index contributed by atoms with van der Waals surface area (Å²) in [6.07, 6.45) is 7.92. The molecular formula is C16H30O4. The van der Waals surface area contributed by atoms with Crippen molar-refractivity contribution in [2.24, 2.45) is 5.92 Å². The van der Waals surface area contributed by atoms with Crippen molar-refractivity contribution in [1.29, 1.82) is 0 Å². The van der Waals surface area contributed by atoms with Crippen molar-refractivity contribution in [3.8, 4) is 0 Å². The van der Waals surface area contributed by atoms with Crippen molar-refractivity contribution in [2.75, 3.05) is 13.7 Å². The number of methoxy groups -OCH3 is 1. The number of hydrogen-bond acceptors (Lipinski definition) is 4. The molecule has 0 aromatic rings.